The number of nitrogens with zero attached hydrogens (tertiary/aromatic N) is 2. The van der Waals surface area contributed by atoms with Crippen LogP contribution < -0.4 is 5.73 Å². The van der Waals surface area contributed by atoms with Crippen molar-refractivity contribution in [2.45, 2.75) is 11.3 Å². The van der Waals surface area contributed by atoms with Gasteiger partial charge in [-0.15, -0.1) is 0 Å². The number of fused-ring (bicyclic) bond motifs is 1. The maximum atomic E-state index is 12.9. The Hall–Kier alpha value is -1.70. The van der Waals surface area contributed by atoms with Crippen LogP contribution >= 0.6 is 15.9 Å². The molecule has 0 fully saturated rings. The Morgan fingerprint density at radius 2 is 2.05 bits per heavy atom. The van der Waals surface area contributed by atoms with Crippen LogP contribution in [0, 0.1) is 0 Å². The van der Waals surface area contributed by atoms with Crippen molar-refractivity contribution >= 4 is 37.0 Å². The van der Waals surface area contributed by atoms with Crippen molar-refractivity contribution in [3.8, 4) is 0 Å². The van der Waals surface area contributed by atoms with Crippen molar-refractivity contribution in [2.75, 3.05) is 6.54 Å². The Kier molecular flexibility index (Phi) is 4.03. The third kappa shape index (κ3) is 2.55. The van der Waals surface area contributed by atoms with Gasteiger partial charge in [-0.05, 0) is 48.9 Å². The summed E-state index contributed by atoms with van der Waals surface area (Å²) in [5.74, 6) is 0. The molecule has 0 radical (unpaired) electrons. The fourth-order valence-electron chi connectivity index (χ4n) is 2.37. The van der Waals surface area contributed by atoms with E-state index in [9.17, 15) is 8.42 Å². The second-order valence-electron chi connectivity index (χ2n) is 4.83. The minimum atomic E-state index is -3.70. The van der Waals surface area contributed by atoms with Crippen LogP contribution in [0.3, 0.4) is 0 Å². The van der Waals surface area contributed by atoms with Gasteiger partial charge in [0.05, 0.1) is 4.90 Å². The number of nitrogens with two attached hydrogens (primary N) is 1. The molecule has 5 nitrogen and oxygen atoms in total. The molecule has 0 aliphatic rings. The summed E-state index contributed by atoms with van der Waals surface area (Å²) in [6.07, 6.45) is 3.80. The number of aromatic nitrogens is 2. The molecule has 2 heterocycles. The van der Waals surface area contributed by atoms with E-state index < -0.39 is 10.0 Å². The van der Waals surface area contributed by atoms with Crippen molar-refractivity contribution in [1.29, 1.82) is 0 Å². The zero-order valence-corrected chi connectivity index (χ0v) is 14.0. The Morgan fingerprint density at radius 1 is 1.23 bits per heavy atom. The first-order chi connectivity index (χ1) is 10.5. The summed E-state index contributed by atoms with van der Waals surface area (Å²) in [5.41, 5.74) is 6.92. The number of hydrogen-bond acceptors (Lipinski definition) is 4. The lowest BCUT2D eigenvalue weighted by atomic mass is 10.2. The quantitative estimate of drug-likeness (QED) is 0.755. The van der Waals surface area contributed by atoms with Crippen molar-refractivity contribution < 1.29 is 8.42 Å². The van der Waals surface area contributed by atoms with Crippen LogP contribution in [0.2, 0.25) is 0 Å². The van der Waals surface area contributed by atoms with Crippen LogP contribution in [0.15, 0.2) is 58.2 Å². The maximum absolute atomic E-state index is 12.9. The van der Waals surface area contributed by atoms with Gasteiger partial charge in [0.2, 0.25) is 0 Å². The third-order valence-electron chi connectivity index (χ3n) is 3.38. The first kappa shape index (κ1) is 15.2. The second-order valence-corrected chi connectivity index (χ2v) is 7.56. The molecule has 3 rings (SSSR count). The number of hydrogen-bond donors (Lipinski definition) is 1. The maximum Gasteiger partial charge on any atom is 0.269 e. The van der Waals surface area contributed by atoms with Crippen LogP contribution in [0.4, 0.5) is 0 Å². The largest absolute Gasteiger partial charge is 0.330 e. The molecule has 1 aromatic carbocycles. The topological polar surface area (TPSA) is 78.0 Å². The molecule has 7 heteroatoms. The van der Waals surface area contributed by atoms with Crippen molar-refractivity contribution in [3.05, 3.63) is 58.8 Å². The minimum absolute atomic E-state index is 0.212. The average Bonchev–Trinajstić information content (AvgIpc) is 2.88. The van der Waals surface area contributed by atoms with E-state index >= 15 is 0 Å². The third-order valence-corrected chi connectivity index (χ3v) is 5.52. The molecular formula is C15H14BrN3O2S. The Bertz CT molecular complexity index is 935. The van der Waals surface area contributed by atoms with E-state index in [1.54, 1.807) is 42.7 Å². The summed E-state index contributed by atoms with van der Waals surface area (Å²) in [5, 5.41) is 0.812. The monoisotopic (exact) mass is 379 g/mol. The highest BCUT2D eigenvalue weighted by Crippen LogP contribution is 2.25. The molecule has 22 heavy (non-hydrogen) atoms. The van der Waals surface area contributed by atoms with Gasteiger partial charge in [-0.1, -0.05) is 22.0 Å². The standard InChI is InChI=1S/C15H14BrN3O2S/c16-12-3-1-4-13(9-12)22(20,21)19-10-11(6-7-17)14-5-2-8-18-15(14)19/h1-5,8-10H,6-7,17H2. The van der Waals surface area contributed by atoms with Crippen molar-refractivity contribution in [3.63, 3.8) is 0 Å². The van der Waals surface area contributed by atoms with Crippen LogP contribution in [-0.4, -0.2) is 23.9 Å². The molecule has 0 saturated heterocycles. The lowest BCUT2D eigenvalue weighted by Gasteiger charge is -2.07. The summed E-state index contributed by atoms with van der Waals surface area (Å²) in [4.78, 5) is 4.44. The van der Waals surface area contributed by atoms with Crippen LogP contribution in [0.5, 0.6) is 0 Å². The van der Waals surface area contributed by atoms with Gasteiger partial charge in [0.1, 0.15) is 0 Å². The zero-order valence-electron chi connectivity index (χ0n) is 11.6. The molecule has 0 atom stereocenters. The molecule has 2 N–H and O–H groups in total. The molecule has 0 amide bonds. The predicted molar refractivity (Wildman–Crippen MR) is 89.2 cm³/mol. The van der Waals surface area contributed by atoms with Crippen LogP contribution in [0.25, 0.3) is 11.0 Å². The molecular weight excluding hydrogens is 366 g/mol. The van der Waals surface area contributed by atoms with Crippen molar-refractivity contribution in [1.82, 2.24) is 8.96 Å². The molecule has 0 aliphatic carbocycles. The Balaban J connectivity index is 2.25. The molecule has 114 valence electrons. The molecule has 0 bridgehead atoms. The van der Waals surface area contributed by atoms with Crippen LogP contribution in [0.1, 0.15) is 5.56 Å². The molecule has 0 spiro atoms. The number of halogens is 1. The number of benzene rings is 1. The van der Waals surface area contributed by atoms with Crippen molar-refractivity contribution in [2.24, 2.45) is 5.73 Å². The summed E-state index contributed by atoms with van der Waals surface area (Å²) < 4.78 is 27.7. The molecule has 3 aromatic rings. The van der Waals surface area contributed by atoms with Gasteiger partial charge in [0, 0.05) is 22.3 Å². The number of rotatable bonds is 4. The fraction of sp³-hybridized carbons (Fsp3) is 0.133. The average molecular weight is 380 g/mol. The smallest absolute Gasteiger partial charge is 0.269 e. The summed E-state index contributed by atoms with van der Waals surface area (Å²) in [6.45, 7) is 0.449. The highest BCUT2D eigenvalue weighted by atomic mass is 79.9. The highest BCUT2D eigenvalue weighted by Gasteiger charge is 2.21. The predicted octanol–water partition coefficient (Wildman–Crippen LogP) is 2.54. The van der Waals surface area contributed by atoms with Gasteiger partial charge < -0.3 is 5.73 Å². The summed E-state index contributed by atoms with van der Waals surface area (Å²) >= 11 is 3.30. The highest BCUT2D eigenvalue weighted by molar-refractivity contribution is 9.10. The van der Waals surface area contributed by atoms with Gasteiger partial charge in [0.25, 0.3) is 10.0 Å². The number of pyridine rings is 1. The summed E-state index contributed by atoms with van der Waals surface area (Å²) in [7, 11) is -3.70. The van der Waals surface area contributed by atoms with E-state index in [0.717, 1.165) is 10.9 Å². The molecule has 2 aromatic heterocycles. The van der Waals surface area contributed by atoms with E-state index in [1.807, 2.05) is 6.07 Å². The van der Waals surface area contributed by atoms with E-state index in [4.69, 9.17) is 5.73 Å². The first-order valence-corrected chi connectivity index (χ1v) is 8.93. The molecule has 0 unspecified atom stereocenters. The van der Waals surface area contributed by atoms with Gasteiger partial charge in [-0.2, -0.15) is 0 Å². The minimum Gasteiger partial charge on any atom is -0.330 e. The van der Waals surface area contributed by atoms with Gasteiger partial charge in [-0.3, -0.25) is 0 Å². The molecule has 0 saturated carbocycles. The molecule has 0 aliphatic heterocycles. The lowest BCUT2D eigenvalue weighted by molar-refractivity contribution is 0.588. The van der Waals surface area contributed by atoms with E-state index in [-0.39, 0.29) is 4.90 Å². The van der Waals surface area contributed by atoms with E-state index in [0.29, 0.717) is 23.1 Å². The lowest BCUT2D eigenvalue weighted by Crippen LogP contribution is -2.12. The zero-order chi connectivity index (χ0) is 15.7. The Morgan fingerprint density at radius 3 is 2.77 bits per heavy atom. The Labute approximate surface area is 137 Å². The summed E-state index contributed by atoms with van der Waals surface area (Å²) in [6, 6.07) is 10.3. The fourth-order valence-corrected chi connectivity index (χ4v) is 4.32. The van der Waals surface area contributed by atoms with Gasteiger partial charge >= 0.3 is 0 Å². The van der Waals surface area contributed by atoms with Crippen LogP contribution in [-0.2, 0) is 16.4 Å². The normalized spacial score (nSPS) is 11.9. The van der Waals surface area contributed by atoms with E-state index in [1.165, 1.54) is 3.97 Å². The van der Waals surface area contributed by atoms with E-state index in [2.05, 4.69) is 20.9 Å². The second kappa shape index (κ2) is 5.83. The first-order valence-electron chi connectivity index (χ1n) is 6.70. The van der Waals surface area contributed by atoms with Gasteiger partial charge in [-0.25, -0.2) is 17.4 Å². The van der Waals surface area contributed by atoms with Gasteiger partial charge in [0.15, 0.2) is 5.65 Å². The SMILES string of the molecule is NCCc1cn(S(=O)(=O)c2cccc(Br)c2)c2ncccc12.